The number of unbranched alkanes of at least 4 members (excludes halogenated alkanes) is 1. The molecule has 160 valence electrons. The first-order valence-corrected chi connectivity index (χ1v) is 8.86. The van der Waals surface area contributed by atoms with Gasteiger partial charge in [0.15, 0.2) is 5.82 Å². The van der Waals surface area contributed by atoms with Crippen LogP contribution in [0, 0.1) is 34.5 Å². The minimum atomic E-state index is -1.96. The summed E-state index contributed by atoms with van der Waals surface area (Å²) in [6, 6.07) is 0. The molecule has 0 aliphatic carbocycles. The number of hydrazone groups is 1. The number of nitro benzene ring substituents is 1. The van der Waals surface area contributed by atoms with E-state index < -0.39 is 56.5 Å². The highest BCUT2D eigenvalue weighted by atomic mass is 19.2. The lowest BCUT2D eigenvalue weighted by molar-refractivity contribution is -0.388. The Labute approximate surface area is 165 Å². The number of benzene rings is 1. The van der Waals surface area contributed by atoms with Gasteiger partial charge in [-0.05, 0) is 19.8 Å². The summed E-state index contributed by atoms with van der Waals surface area (Å²) in [6.07, 6.45) is 2.79. The van der Waals surface area contributed by atoms with Crippen LogP contribution in [0.3, 0.4) is 0 Å². The van der Waals surface area contributed by atoms with E-state index in [-0.39, 0.29) is 6.61 Å². The average Bonchev–Trinajstić information content (AvgIpc) is 2.69. The first-order chi connectivity index (χ1) is 13.7. The summed E-state index contributed by atoms with van der Waals surface area (Å²) in [5.74, 6) is -7.77. The van der Waals surface area contributed by atoms with Crippen molar-refractivity contribution in [3.63, 3.8) is 0 Å². The smallest absolute Gasteiger partial charge is 0.343 e. The van der Waals surface area contributed by atoms with E-state index in [1.807, 2.05) is 6.92 Å². The Morgan fingerprint density at radius 2 is 1.90 bits per heavy atom. The molecule has 0 aliphatic heterocycles. The third kappa shape index (κ3) is 5.69. The van der Waals surface area contributed by atoms with Gasteiger partial charge in [0.2, 0.25) is 5.82 Å². The largest absolute Gasteiger partial charge is 0.506 e. The van der Waals surface area contributed by atoms with E-state index in [1.54, 1.807) is 6.92 Å². The molecule has 0 fully saturated rings. The molecular weight excluding hydrogens is 395 g/mol. The predicted molar refractivity (Wildman–Crippen MR) is 99.9 cm³/mol. The number of nitrogens with one attached hydrogen (secondary N) is 1. The van der Waals surface area contributed by atoms with Crippen molar-refractivity contribution in [3.8, 4) is 0 Å². The second-order valence-corrected chi connectivity index (χ2v) is 5.97. The van der Waals surface area contributed by atoms with E-state index in [1.165, 1.54) is 0 Å². The zero-order valence-electron chi connectivity index (χ0n) is 16.2. The second-order valence-electron chi connectivity index (χ2n) is 5.97. The second kappa shape index (κ2) is 11.0. The van der Waals surface area contributed by atoms with Gasteiger partial charge >= 0.3 is 11.7 Å². The van der Waals surface area contributed by atoms with Crippen molar-refractivity contribution in [2.45, 2.75) is 40.0 Å². The minimum Gasteiger partial charge on any atom is -0.506 e. The Balaban J connectivity index is 3.65. The van der Waals surface area contributed by atoms with Crippen molar-refractivity contribution in [1.29, 1.82) is 0 Å². The molecule has 2 N–H and O–H groups in total. The van der Waals surface area contributed by atoms with Gasteiger partial charge in [-0.1, -0.05) is 20.3 Å². The average molecular weight is 417 g/mol. The van der Waals surface area contributed by atoms with Gasteiger partial charge in [-0.15, -0.1) is 0 Å². The van der Waals surface area contributed by atoms with Crippen LogP contribution in [0.15, 0.2) is 10.7 Å². The number of hydrogen-bond acceptors (Lipinski definition) is 7. The summed E-state index contributed by atoms with van der Waals surface area (Å²) >= 11 is 0. The molecule has 29 heavy (non-hydrogen) atoms. The fourth-order valence-electron chi connectivity index (χ4n) is 2.20. The van der Waals surface area contributed by atoms with E-state index in [4.69, 9.17) is 4.74 Å². The highest BCUT2D eigenvalue weighted by Crippen LogP contribution is 2.35. The van der Waals surface area contributed by atoms with Gasteiger partial charge in [-0.25, -0.2) is 13.6 Å². The molecule has 0 saturated carbocycles. The van der Waals surface area contributed by atoms with E-state index in [0.29, 0.717) is 13.0 Å². The summed E-state index contributed by atoms with van der Waals surface area (Å²) in [6.45, 7) is 4.82. The molecule has 1 aromatic carbocycles. The van der Waals surface area contributed by atoms with E-state index in [0.717, 1.165) is 26.0 Å². The Bertz CT molecular complexity index is 841. The van der Waals surface area contributed by atoms with Gasteiger partial charge in [-0.2, -0.15) is 9.49 Å². The number of nitrogens with zero attached hydrogens (tertiary/aromatic N) is 2. The lowest BCUT2D eigenvalue weighted by Crippen LogP contribution is -2.16. The SMILES string of the molecule is CCCCNN=CC(C(=O)OCCC)=C(O)c1c(F)c(C)c(F)c(F)c1[N+](=O)[O-]. The van der Waals surface area contributed by atoms with E-state index in [2.05, 4.69) is 10.5 Å². The highest BCUT2D eigenvalue weighted by Gasteiger charge is 2.35. The predicted octanol–water partition coefficient (Wildman–Crippen LogP) is 3.92. The minimum absolute atomic E-state index is 0.0614. The molecule has 1 rings (SSSR count). The molecule has 0 saturated heterocycles. The zero-order chi connectivity index (χ0) is 22.1. The van der Waals surface area contributed by atoms with Crippen LogP contribution < -0.4 is 5.43 Å². The topological polar surface area (TPSA) is 114 Å². The Hall–Kier alpha value is -3.11. The van der Waals surface area contributed by atoms with Gasteiger partial charge < -0.3 is 15.3 Å². The third-order valence-corrected chi connectivity index (χ3v) is 3.77. The van der Waals surface area contributed by atoms with Crippen LogP contribution in [0.1, 0.15) is 44.2 Å². The number of aliphatic hydroxyl groups is 1. The first-order valence-electron chi connectivity index (χ1n) is 8.86. The number of aliphatic hydroxyl groups excluding tert-OH is 1. The number of halogens is 3. The van der Waals surface area contributed by atoms with Crippen molar-refractivity contribution in [2.75, 3.05) is 13.2 Å². The van der Waals surface area contributed by atoms with Crippen molar-refractivity contribution in [3.05, 3.63) is 44.3 Å². The summed E-state index contributed by atoms with van der Waals surface area (Å²) in [7, 11) is 0. The van der Waals surface area contributed by atoms with Crippen molar-refractivity contribution >= 4 is 23.6 Å². The molecule has 0 aliphatic rings. The zero-order valence-corrected chi connectivity index (χ0v) is 16.2. The molecule has 0 heterocycles. The standard InChI is InChI=1S/C18H22F3N3O5/c1-4-6-7-22-23-9-11(18(26)29-8-5-2)17(25)12-13(19)10(3)14(20)15(21)16(12)24(27)28/h9,22,25H,4-8H2,1-3H3. The lowest BCUT2D eigenvalue weighted by atomic mass is 10.0. The lowest BCUT2D eigenvalue weighted by Gasteiger charge is -2.11. The van der Waals surface area contributed by atoms with E-state index >= 15 is 0 Å². The number of hydrogen-bond donors (Lipinski definition) is 2. The molecule has 0 atom stereocenters. The number of rotatable bonds is 10. The fraction of sp³-hybridized carbons (Fsp3) is 0.444. The Kier molecular flexibility index (Phi) is 9.10. The highest BCUT2D eigenvalue weighted by molar-refractivity contribution is 6.15. The van der Waals surface area contributed by atoms with Crippen LogP contribution in [0.5, 0.6) is 0 Å². The van der Waals surface area contributed by atoms with Gasteiger partial charge in [0.05, 0.1) is 17.7 Å². The number of ether oxygens (including phenoxy) is 1. The molecule has 0 amide bonds. The molecule has 11 heteroatoms. The monoisotopic (exact) mass is 417 g/mol. The summed E-state index contributed by atoms with van der Waals surface area (Å²) in [4.78, 5) is 22.1. The maximum absolute atomic E-state index is 14.6. The van der Waals surface area contributed by atoms with Crippen LogP contribution >= 0.6 is 0 Å². The fourth-order valence-corrected chi connectivity index (χ4v) is 2.20. The Morgan fingerprint density at radius 1 is 1.24 bits per heavy atom. The van der Waals surface area contributed by atoms with E-state index in [9.17, 15) is 33.2 Å². The van der Waals surface area contributed by atoms with Crippen molar-refractivity contribution < 1.29 is 32.7 Å². The molecule has 0 bridgehead atoms. The molecule has 0 aromatic heterocycles. The molecule has 1 aromatic rings. The molecule has 0 radical (unpaired) electrons. The number of carbonyl (C=O) groups is 1. The van der Waals surface area contributed by atoms with Crippen molar-refractivity contribution in [1.82, 2.24) is 5.43 Å². The van der Waals surface area contributed by atoms with Gasteiger partial charge in [0.25, 0.3) is 0 Å². The number of nitro groups is 1. The molecular formula is C18H22F3N3O5. The third-order valence-electron chi connectivity index (χ3n) is 3.77. The summed E-state index contributed by atoms with van der Waals surface area (Å²) in [5, 5.41) is 25.3. The van der Waals surface area contributed by atoms with Gasteiger partial charge in [-0.3, -0.25) is 10.1 Å². The normalized spacial score (nSPS) is 12.1. The maximum atomic E-state index is 14.6. The van der Waals surface area contributed by atoms with Gasteiger partial charge in [0, 0.05) is 12.1 Å². The van der Waals surface area contributed by atoms with Crippen LogP contribution in [0.4, 0.5) is 18.9 Å². The van der Waals surface area contributed by atoms with Crippen LogP contribution in [-0.4, -0.2) is 35.4 Å². The van der Waals surface area contributed by atoms with Crippen LogP contribution in [-0.2, 0) is 9.53 Å². The summed E-state index contributed by atoms with van der Waals surface area (Å²) in [5.41, 5.74) is -1.99. The quantitative estimate of drug-likeness (QED) is 0.0872. The summed E-state index contributed by atoms with van der Waals surface area (Å²) < 4.78 is 47.3. The molecule has 0 spiro atoms. The van der Waals surface area contributed by atoms with Crippen LogP contribution in [0.25, 0.3) is 5.76 Å². The maximum Gasteiger partial charge on any atom is 0.343 e. The first kappa shape index (κ1) is 23.9. The molecule has 8 nitrogen and oxygen atoms in total. The number of esters is 1. The van der Waals surface area contributed by atoms with Crippen LogP contribution in [0.2, 0.25) is 0 Å². The number of carbonyl (C=O) groups excluding carboxylic acids is 1. The Morgan fingerprint density at radius 3 is 2.45 bits per heavy atom. The molecule has 0 unspecified atom stereocenters. The van der Waals surface area contributed by atoms with Crippen molar-refractivity contribution in [2.24, 2.45) is 5.10 Å². The van der Waals surface area contributed by atoms with Gasteiger partial charge in [0.1, 0.15) is 22.7 Å².